The molecule has 20 heavy (non-hydrogen) atoms. The fraction of sp³-hybridized carbons (Fsp3) is 0.647. The molecule has 0 atom stereocenters. The maximum atomic E-state index is 10.4. The Bertz CT molecular complexity index is 452. The molecule has 3 heteroatoms. The van der Waals surface area contributed by atoms with Crippen LogP contribution in [0.2, 0.25) is 0 Å². The van der Waals surface area contributed by atoms with Crippen LogP contribution in [0, 0.1) is 0 Å². The molecule has 0 bridgehead atoms. The van der Waals surface area contributed by atoms with Crippen molar-refractivity contribution in [1.29, 1.82) is 0 Å². The highest BCUT2D eigenvalue weighted by molar-refractivity contribution is 5.39. The van der Waals surface area contributed by atoms with Gasteiger partial charge in [0.25, 0.3) is 0 Å². The van der Waals surface area contributed by atoms with Crippen molar-refractivity contribution in [1.82, 2.24) is 5.32 Å². The van der Waals surface area contributed by atoms with Crippen molar-refractivity contribution < 1.29 is 9.84 Å². The first-order chi connectivity index (χ1) is 9.75. The molecule has 1 aliphatic heterocycles. The van der Waals surface area contributed by atoms with E-state index in [2.05, 4.69) is 23.5 Å². The van der Waals surface area contributed by atoms with Crippen LogP contribution in [-0.4, -0.2) is 30.4 Å². The van der Waals surface area contributed by atoms with Crippen molar-refractivity contribution in [2.45, 2.75) is 50.5 Å². The molecule has 1 aromatic rings. The van der Waals surface area contributed by atoms with Crippen LogP contribution in [0.3, 0.4) is 0 Å². The standard InChI is InChI=1S/C17H25NO2/c19-17(8-2-1-3-9-17)13-18-10-6-14-4-5-16-15(12-14)7-11-20-16/h4-5,12,18-19H,1-3,6-11,13H2. The van der Waals surface area contributed by atoms with Crippen LogP contribution in [0.25, 0.3) is 0 Å². The van der Waals surface area contributed by atoms with E-state index >= 15 is 0 Å². The minimum Gasteiger partial charge on any atom is -0.493 e. The van der Waals surface area contributed by atoms with Crippen LogP contribution in [0.1, 0.15) is 43.2 Å². The van der Waals surface area contributed by atoms with Crippen LogP contribution in [-0.2, 0) is 12.8 Å². The third kappa shape index (κ3) is 3.33. The molecule has 1 aromatic carbocycles. The van der Waals surface area contributed by atoms with E-state index in [1.807, 2.05) is 0 Å². The number of fused-ring (bicyclic) bond motifs is 1. The molecule has 0 spiro atoms. The lowest BCUT2D eigenvalue weighted by atomic mass is 9.85. The zero-order valence-electron chi connectivity index (χ0n) is 12.2. The molecule has 0 aromatic heterocycles. The van der Waals surface area contributed by atoms with Gasteiger partial charge in [-0.3, -0.25) is 0 Å². The maximum absolute atomic E-state index is 10.4. The van der Waals surface area contributed by atoms with Gasteiger partial charge in [-0.05, 0) is 43.0 Å². The van der Waals surface area contributed by atoms with E-state index in [1.165, 1.54) is 30.4 Å². The molecule has 1 saturated carbocycles. The van der Waals surface area contributed by atoms with E-state index in [1.54, 1.807) is 0 Å². The van der Waals surface area contributed by atoms with Crippen LogP contribution < -0.4 is 10.1 Å². The summed E-state index contributed by atoms with van der Waals surface area (Å²) in [5.74, 6) is 1.05. The Hall–Kier alpha value is -1.06. The molecule has 2 aliphatic rings. The summed E-state index contributed by atoms with van der Waals surface area (Å²) in [6, 6.07) is 6.51. The molecule has 1 fully saturated rings. The van der Waals surface area contributed by atoms with Gasteiger partial charge >= 0.3 is 0 Å². The van der Waals surface area contributed by atoms with Gasteiger partial charge in [-0.2, -0.15) is 0 Å². The second-order valence-electron chi connectivity index (χ2n) is 6.25. The summed E-state index contributed by atoms with van der Waals surface area (Å²) in [6.07, 6.45) is 7.58. The summed E-state index contributed by atoms with van der Waals surface area (Å²) in [5, 5.41) is 13.8. The second-order valence-corrected chi connectivity index (χ2v) is 6.25. The fourth-order valence-corrected chi connectivity index (χ4v) is 3.34. The van der Waals surface area contributed by atoms with E-state index in [0.29, 0.717) is 0 Å². The van der Waals surface area contributed by atoms with Gasteiger partial charge in [-0.1, -0.05) is 31.4 Å². The molecule has 2 N–H and O–H groups in total. The number of rotatable bonds is 5. The Morgan fingerprint density at radius 3 is 2.90 bits per heavy atom. The Morgan fingerprint density at radius 1 is 1.20 bits per heavy atom. The van der Waals surface area contributed by atoms with Crippen LogP contribution in [0.15, 0.2) is 18.2 Å². The van der Waals surface area contributed by atoms with Crippen molar-refractivity contribution in [2.75, 3.05) is 19.7 Å². The Balaban J connectivity index is 1.43. The number of benzene rings is 1. The van der Waals surface area contributed by atoms with E-state index in [9.17, 15) is 5.11 Å². The van der Waals surface area contributed by atoms with Gasteiger partial charge in [0, 0.05) is 13.0 Å². The first-order valence-corrected chi connectivity index (χ1v) is 7.93. The summed E-state index contributed by atoms with van der Waals surface area (Å²) in [4.78, 5) is 0. The average molecular weight is 275 g/mol. The van der Waals surface area contributed by atoms with E-state index < -0.39 is 5.60 Å². The van der Waals surface area contributed by atoms with Crippen molar-refractivity contribution in [3.63, 3.8) is 0 Å². The van der Waals surface area contributed by atoms with Crippen LogP contribution in [0.5, 0.6) is 5.75 Å². The highest BCUT2D eigenvalue weighted by Crippen LogP contribution is 2.27. The fourth-order valence-electron chi connectivity index (χ4n) is 3.34. The number of hydrogen-bond acceptors (Lipinski definition) is 3. The lowest BCUT2D eigenvalue weighted by molar-refractivity contribution is 0.00517. The lowest BCUT2D eigenvalue weighted by Crippen LogP contribution is -2.42. The normalized spacial score (nSPS) is 20.4. The van der Waals surface area contributed by atoms with Crippen LogP contribution >= 0.6 is 0 Å². The van der Waals surface area contributed by atoms with Gasteiger partial charge in [0.15, 0.2) is 0 Å². The Morgan fingerprint density at radius 2 is 2.05 bits per heavy atom. The number of hydrogen-bond donors (Lipinski definition) is 2. The molecule has 0 amide bonds. The molecule has 1 aliphatic carbocycles. The zero-order valence-corrected chi connectivity index (χ0v) is 12.2. The summed E-state index contributed by atoms with van der Waals surface area (Å²) >= 11 is 0. The zero-order chi connectivity index (χ0) is 13.8. The molecule has 0 unspecified atom stereocenters. The molecule has 0 saturated heterocycles. The maximum Gasteiger partial charge on any atom is 0.122 e. The second kappa shape index (κ2) is 6.15. The molecule has 1 heterocycles. The minimum absolute atomic E-state index is 0.454. The van der Waals surface area contributed by atoms with E-state index in [4.69, 9.17) is 4.74 Å². The van der Waals surface area contributed by atoms with Crippen molar-refractivity contribution in [2.24, 2.45) is 0 Å². The van der Waals surface area contributed by atoms with E-state index in [0.717, 1.165) is 51.1 Å². The minimum atomic E-state index is -0.454. The molecular formula is C17H25NO2. The van der Waals surface area contributed by atoms with Gasteiger partial charge in [-0.15, -0.1) is 0 Å². The summed E-state index contributed by atoms with van der Waals surface area (Å²) in [7, 11) is 0. The van der Waals surface area contributed by atoms with Gasteiger partial charge in [0.1, 0.15) is 5.75 Å². The first-order valence-electron chi connectivity index (χ1n) is 7.93. The predicted molar refractivity (Wildman–Crippen MR) is 80.2 cm³/mol. The topological polar surface area (TPSA) is 41.5 Å². The molecule has 110 valence electrons. The summed E-state index contributed by atoms with van der Waals surface area (Å²) < 4.78 is 5.52. The summed E-state index contributed by atoms with van der Waals surface area (Å²) in [5.41, 5.74) is 2.25. The average Bonchev–Trinajstić information content (AvgIpc) is 2.92. The Labute approximate surface area is 121 Å². The van der Waals surface area contributed by atoms with E-state index in [-0.39, 0.29) is 0 Å². The smallest absolute Gasteiger partial charge is 0.122 e. The molecular weight excluding hydrogens is 250 g/mol. The monoisotopic (exact) mass is 275 g/mol. The predicted octanol–water partition coefficient (Wildman–Crippen LogP) is 2.45. The van der Waals surface area contributed by atoms with Gasteiger partial charge in [0.05, 0.1) is 12.2 Å². The van der Waals surface area contributed by atoms with Gasteiger partial charge < -0.3 is 15.2 Å². The van der Waals surface area contributed by atoms with Crippen LogP contribution in [0.4, 0.5) is 0 Å². The first kappa shape index (κ1) is 13.9. The molecule has 3 nitrogen and oxygen atoms in total. The quantitative estimate of drug-likeness (QED) is 0.811. The lowest BCUT2D eigenvalue weighted by Gasteiger charge is -2.32. The third-order valence-corrected chi connectivity index (χ3v) is 4.58. The van der Waals surface area contributed by atoms with Crippen molar-refractivity contribution in [3.05, 3.63) is 29.3 Å². The largest absolute Gasteiger partial charge is 0.493 e. The number of ether oxygens (including phenoxy) is 1. The van der Waals surface area contributed by atoms with Gasteiger partial charge in [-0.25, -0.2) is 0 Å². The van der Waals surface area contributed by atoms with Crippen molar-refractivity contribution >= 4 is 0 Å². The molecule has 3 rings (SSSR count). The molecule has 0 radical (unpaired) electrons. The highest BCUT2D eigenvalue weighted by Gasteiger charge is 2.28. The highest BCUT2D eigenvalue weighted by atomic mass is 16.5. The Kier molecular flexibility index (Phi) is 4.27. The van der Waals surface area contributed by atoms with Gasteiger partial charge in [0.2, 0.25) is 0 Å². The third-order valence-electron chi connectivity index (χ3n) is 4.58. The SMILES string of the molecule is OC1(CNCCc2ccc3c(c2)CCO3)CCCCC1. The number of nitrogens with one attached hydrogen (secondary N) is 1. The summed E-state index contributed by atoms with van der Waals surface area (Å²) in [6.45, 7) is 2.49. The van der Waals surface area contributed by atoms with Crippen molar-refractivity contribution in [3.8, 4) is 5.75 Å². The number of aliphatic hydroxyl groups is 1.